The van der Waals surface area contributed by atoms with Crippen molar-refractivity contribution in [3.8, 4) is 0 Å². The van der Waals surface area contributed by atoms with E-state index in [9.17, 15) is 9.59 Å². The Kier molecular flexibility index (Phi) is 4.99. The molecule has 5 nitrogen and oxygen atoms in total. The van der Waals surface area contributed by atoms with Crippen LogP contribution < -0.4 is 9.80 Å². The average Bonchev–Trinajstić information content (AvgIpc) is 3.23. The zero-order valence-electron chi connectivity index (χ0n) is 13.6. The molecule has 3 rings (SSSR count). The van der Waals surface area contributed by atoms with Crippen molar-refractivity contribution in [2.75, 3.05) is 29.4 Å². The minimum Gasteiger partial charge on any atom is -0.478 e. The van der Waals surface area contributed by atoms with E-state index in [1.54, 1.807) is 12.2 Å². The number of carbonyl (C=O) groups is 2. The monoisotopic (exact) mass is 326 g/mol. The number of fused-ring (bicyclic) bond motifs is 1. The normalized spacial score (nSPS) is 17.2. The number of amides is 1. The molecule has 1 saturated heterocycles. The number of nitrogens with zero attached hydrogens (tertiary/aromatic N) is 2. The Morgan fingerprint density at radius 1 is 1.12 bits per heavy atom. The number of allylic oxidation sites excluding steroid dienone is 2. The summed E-state index contributed by atoms with van der Waals surface area (Å²) < 4.78 is 0. The number of carboxylic acid groups (broad SMARTS) is 1. The fourth-order valence-corrected chi connectivity index (χ4v) is 3.29. The summed E-state index contributed by atoms with van der Waals surface area (Å²) in [4.78, 5) is 27.1. The minimum absolute atomic E-state index is 0.0484. The molecule has 0 unspecified atom stereocenters. The summed E-state index contributed by atoms with van der Waals surface area (Å²) in [5.41, 5.74) is 3.45. The Hall–Kier alpha value is -2.56. The topological polar surface area (TPSA) is 60.9 Å². The number of rotatable bonds is 5. The van der Waals surface area contributed by atoms with Crippen molar-refractivity contribution in [3.63, 3.8) is 0 Å². The van der Waals surface area contributed by atoms with Crippen LogP contribution in [0.1, 0.15) is 24.8 Å². The van der Waals surface area contributed by atoms with Crippen molar-refractivity contribution in [1.29, 1.82) is 0 Å². The number of carbonyl (C=O) groups excluding carboxylic acids is 1. The molecule has 0 radical (unpaired) electrons. The first-order valence-corrected chi connectivity index (χ1v) is 8.39. The number of benzene rings is 1. The first-order valence-electron chi connectivity index (χ1n) is 8.39. The number of anilines is 2. The largest absolute Gasteiger partial charge is 0.478 e. The van der Waals surface area contributed by atoms with Crippen molar-refractivity contribution in [1.82, 2.24) is 0 Å². The maximum Gasteiger partial charge on any atom is 0.328 e. The van der Waals surface area contributed by atoms with Crippen molar-refractivity contribution in [2.24, 2.45) is 0 Å². The van der Waals surface area contributed by atoms with E-state index < -0.39 is 5.97 Å². The SMILES string of the molecule is O=C(O)C=CC=CCC(=O)N1CCc2ccc(N3CCCC3)cc21. The van der Waals surface area contributed by atoms with Crippen LogP contribution in [-0.4, -0.2) is 36.6 Å². The highest BCUT2D eigenvalue weighted by atomic mass is 16.4. The molecule has 1 N–H and O–H groups in total. The Morgan fingerprint density at radius 3 is 2.67 bits per heavy atom. The highest BCUT2D eigenvalue weighted by molar-refractivity contribution is 5.97. The molecule has 0 aliphatic carbocycles. The number of hydrogen-bond donors (Lipinski definition) is 1. The summed E-state index contributed by atoms with van der Waals surface area (Å²) in [5, 5.41) is 8.52. The zero-order chi connectivity index (χ0) is 16.9. The number of aliphatic carboxylic acids is 1. The highest BCUT2D eigenvalue weighted by Crippen LogP contribution is 2.33. The van der Waals surface area contributed by atoms with Gasteiger partial charge in [0.1, 0.15) is 0 Å². The molecule has 126 valence electrons. The molecule has 1 fully saturated rings. The molecule has 5 heteroatoms. The Bertz CT molecular complexity index is 688. The van der Waals surface area contributed by atoms with Gasteiger partial charge in [0.15, 0.2) is 0 Å². The molecule has 24 heavy (non-hydrogen) atoms. The van der Waals surface area contributed by atoms with E-state index in [1.165, 1.54) is 30.2 Å². The van der Waals surface area contributed by atoms with E-state index in [1.807, 2.05) is 4.90 Å². The van der Waals surface area contributed by atoms with Gasteiger partial charge in [0.25, 0.3) is 0 Å². The second-order valence-electron chi connectivity index (χ2n) is 6.13. The lowest BCUT2D eigenvalue weighted by Gasteiger charge is -2.21. The number of carboxylic acids is 1. The van der Waals surface area contributed by atoms with Crippen LogP contribution in [0.4, 0.5) is 11.4 Å². The Balaban J connectivity index is 1.67. The lowest BCUT2D eigenvalue weighted by atomic mass is 10.1. The maximum atomic E-state index is 12.5. The van der Waals surface area contributed by atoms with Gasteiger partial charge in [0, 0.05) is 43.5 Å². The van der Waals surface area contributed by atoms with Gasteiger partial charge in [-0.1, -0.05) is 24.3 Å². The van der Waals surface area contributed by atoms with Gasteiger partial charge >= 0.3 is 5.97 Å². The van der Waals surface area contributed by atoms with Crippen LogP contribution >= 0.6 is 0 Å². The molecule has 2 aliphatic rings. The fourth-order valence-electron chi connectivity index (χ4n) is 3.29. The van der Waals surface area contributed by atoms with E-state index in [4.69, 9.17) is 5.11 Å². The molecule has 0 atom stereocenters. The molecule has 1 amide bonds. The summed E-state index contributed by atoms with van der Waals surface area (Å²) >= 11 is 0. The van der Waals surface area contributed by atoms with Crippen molar-refractivity contribution in [2.45, 2.75) is 25.7 Å². The first kappa shape index (κ1) is 16.3. The van der Waals surface area contributed by atoms with Crippen molar-refractivity contribution < 1.29 is 14.7 Å². The van der Waals surface area contributed by atoms with E-state index in [0.29, 0.717) is 0 Å². The Morgan fingerprint density at radius 2 is 1.92 bits per heavy atom. The minimum atomic E-state index is -0.992. The maximum absolute atomic E-state index is 12.5. The van der Waals surface area contributed by atoms with Crippen LogP contribution in [0.5, 0.6) is 0 Å². The first-order chi connectivity index (χ1) is 11.6. The molecular weight excluding hydrogens is 304 g/mol. The van der Waals surface area contributed by atoms with Gasteiger partial charge in [-0.15, -0.1) is 0 Å². The van der Waals surface area contributed by atoms with Gasteiger partial charge in [0.2, 0.25) is 5.91 Å². The molecular formula is C19H22N2O3. The third-order valence-corrected chi connectivity index (χ3v) is 4.52. The van der Waals surface area contributed by atoms with E-state index in [0.717, 1.165) is 37.8 Å². The third kappa shape index (κ3) is 3.67. The van der Waals surface area contributed by atoms with E-state index >= 15 is 0 Å². The van der Waals surface area contributed by atoms with Gasteiger partial charge in [-0.2, -0.15) is 0 Å². The van der Waals surface area contributed by atoms with Crippen LogP contribution in [-0.2, 0) is 16.0 Å². The van der Waals surface area contributed by atoms with Gasteiger partial charge < -0.3 is 14.9 Å². The molecule has 0 aromatic heterocycles. The molecule has 2 heterocycles. The zero-order valence-corrected chi connectivity index (χ0v) is 13.6. The molecule has 2 aliphatic heterocycles. The van der Waals surface area contributed by atoms with Crippen molar-refractivity contribution in [3.05, 3.63) is 48.1 Å². The Labute approximate surface area is 141 Å². The van der Waals surface area contributed by atoms with Gasteiger partial charge in [-0.25, -0.2) is 4.79 Å². The summed E-state index contributed by atoms with van der Waals surface area (Å²) in [7, 11) is 0. The molecule has 0 spiro atoms. The smallest absolute Gasteiger partial charge is 0.328 e. The summed E-state index contributed by atoms with van der Waals surface area (Å²) in [5.74, 6) is -0.943. The quantitative estimate of drug-likeness (QED) is 0.668. The van der Waals surface area contributed by atoms with Crippen LogP contribution in [0.2, 0.25) is 0 Å². The molecule has 0 saturated carbocycles. The van der Waals surface area contributed by atoms with Crippen molar-refractivity contribution >= 4 is 23.3 Å². The standard InChI is InChI=1S/C19H22N2O3/c22-18(6-2-1-3-7-19(23)24)21-13-10-15-8-9-16(14-17(15)21)20-11-4-5-12-20/h1-3,7-9,14H,4-6,10-13H2,(H,23,24). The fraction of sp³-hybridized carbons (Fsp3) is 0.368. The number of hydrogen-bond acceptors (Lipinski definition) is 3. The van der Waals surface area contributed by atoms with Crippen LogP contribution in [0.3, 0.4) is 0 Å². The summed E-state index contributed by atoms with van der Waals surface area (Å²) in [6, 6.07) is 6.44. The lowest BCUT2D eigenvalue weighted by molar-refractivity contribution is -0.131. The van der Waals surface area contributed by atoms with Crippen LogP contribution in [0.25, 0.3) is 0 Å². The summed E-state index contributed by atoms with van der Waals surface area (Å²) in [6.07, 6.45) is 9.41. The van der Waals surface area contributed by atoms with Crippen LogP contribution in [0.15, 0.2) is 42.5 Å². The predicted octanol–water partition coefficient (Wildman–Crippen LogP) is 2.76. The van der Waals surface area contributed by atoms with E-state index in [2.05, 4.69) is 23.1 Å². The molecule has 1 aromatic carbocycles. The highest BCUT2D eigenvalue weighted by Gasteiger charge is 2.25. The van der Waals surface area contributed by atoms with Gasteiger partial charge in [0.05, 0.1) is 0 Å². The van der Waals surface area contributed by atoms with Gasteiger partial charge in [-0.05, 0) is 37.0 Å². The second-order valence-corrected chi connectivity index (χ2v) is 6.13. The molecule has 1 aromatic rings. The predicted molar refractivity (Wildman–Crippen MR) is 94.5 cm³/mol. The van der Waals surface area contributed by atoms with Gasteiger partial charge in [-0.3, -0.25) is 4.79 Å². The average molecular weight is 326 g/mol. The van der Waals surface area contributed by atoms with Crippen LogP contribution in [0, 0.1) is 0 Å². The summed E-state index contributed by atoms with van der Waals surface area (Å²) in [6.45, 7) is 2.90. The second kappa shape index (κ2) is 7.34. The van der Waals surface area contributed by atoms with E-state index in [-0.39, 0.29) is 12.3 Å². The molecule has 0 bridgehead atoms. The third-order valence-electron chi connectivity index (χ3n) is 4.52. The lowest BCUT2D eigenvalue weighted by Crippen LogP contribution is -2.28.